The number of anilines is 2. The summed E-state index contributed by atoms with van der Waals surface area (Å²) < 4.78 is 38.7. The molecule has 1 aromatic rings. The van der Waals surface area contributed by atoms with Crippen LogP contribution in [-0.4, -0.2) is 13.1 Å². The van der Waals surface area contributed by atoms with Crippen molar-refractivity contribution in [3.05, 3.63) is 23.8 Å². The van der Waals surface area contributed by atoms with Gasteiger partial charge in [0, 0.05) is 24.5 Å². The molecule has 0 aliphatic rings. The van der Waals surface area contributed by atoms with Crippen LogP contribution in [0.1, 0.15) is 39.2 Å². The second-order valence-corrected chi connectivity index (χ2v) is 4.99. The van der Waals surface area contributed by atoms with E-state index in [2.05, 4.69) is 13.8 Å². The second kappa shape index (κ2) is 6.86. The van der Waals surface area contributed by atoms with E-state index in [9.17, 15) is 13.2 Å². The number of halogens is 3. The molecular weight excluding hydrogens is 265 g/mol. The van der Waals surface area contributed by atoms with Gasteiger partial charge in [-0.3, -0.25) is 0 Å². The number of benzene rings is 1. The van der Waals surface area contributed by atoms with Crippen molar-refractivity contribution in [1.29, 1.82) is 0 Å². The number of rotatable bonds is 6. The average Bonchev–Trinajstić information content (AvgIpc) is 2.40. The number of nitrogen functional groups attached to an aromatic ring is 1. The normalized spacial score (nSPS) is 11.9. The van der Waals surface area contributed by atoms with Crippen LogP contribution in [0.3, 0.4) is 0 Å². The van der Waals surface area contributed by atoms with Gasteiger partial charge in [-0.1, -0.05) is 26.7 Å². The predicted octanol–water partition coefficient (Wildman–Crippen LogP) is 4.55. The first-order chi connectivity index (χ1) is 9.33. The van der Waals surface area contributed by atoms with Gasteiger partial charge in [0.1, 0.15) is 0 Å². The molecule has 1 rings (SSSR count). The van der Waals surface area contributed by atoms with Crippen LogP contribution in [-0.2, 0) is 6.18 Å². The third-order valence-corrected chi connectivity index (χ3v) is 3.72. The van der Waals surface area contributed by atoms with Crippen LogP contribution in [0.15, 0.2) is 18.2 Å². The molecule has 0 radical (unpaired) electrons. The first-order valence-corrected chi connectivity index (χ1v) is 7.05. The van der Waals surface area contributed by atoms with E-state index < -0.39 is 11.7 Å². The fraction of sp³-hybridized carbons (Fsp3) is 0.600. The molecule has 0 heterocycles. The van der Waals surface area contributed by atoms with Crippen molar-refractivity contribution < 1.29 is 13.2 Å². The molecule has 2 nitrogen and oxygen atoms in total. The largest absolute Gasteiger partial charge is 0.418 e. The van der Waals surface area contributed by atoms with Gasteiger partial charge in [0.2, 0.25) is 0 Å². The Kier molecular flexibility index (Phi) is 5.72. The van der Waals surface area contributed by atoms with E-state index in [0.717, 1.165) is 25.5 Å². The van der Waals surface area contributed by atoms with Gasteiger partial charge in [-0.15, -0.1) is 0 Å². The molecule has 20 heavy (non-hydrogen) atoms. The zero-order valence-corrected chi connectivity index (χ0v) is 12.3. The number of hydrogen-bond acceptors (Lipinski definition) is 2. The maximum absolute atomic E-state index is 12.9. The van der Waals surface area contributed by atoms with E-state index in [0.29, 0.717) is 18.2 Å². The zero-order valence-electron chi connectivity index (χ0n) is 12.3. The molecule has 0 bridgehead atoms. The maximum atomic E-state index is 12.9. The third-order valence-electron chi connectivity index (χ3n) is 3.72. The monoisotopic (exact) mass is 288 g/mol. The molecule has 0 amide bonds. The van der Waals surface area contributed by atoms with Gasteiger partial charge in [0.05, 0.1) is 5.56 Å². The summed E-state index contributed by atoms with van der Waals surface area (Å²) in [4.78, 5) is 1.98. The smallest absolute Gasteiger partial charge is 0.398 e. The fourth-order valence-corrected chi connectivity index (χ4v) is 2.26. The van der Waals surface area contributed by atoms with Gasteiger partial charge >= 0.3 is 6.18 Å². The minimum Gasteiger partial charge on any atom is -0.398 e. The lowest BCUT2D eigenvalue weighted by Gasteiger charge is -2.28. The van der Waals surface area contributed by atoms with Gasteiger partial charge in [-0.25, -0.2) is 0 Å². The van der Waals surface area contributed by atoms with Crippen LogP contribution in [0, 0.1) is 5.92 Å². The van der Waals surface area contributed by atoms with Crippen LogP contribution < -0.4 is 10.6 Å². The molecule has 5 heteroatoms. The second-order valence-electron chi connectivity index (χ2n) is 4.99. The molecule has 0 fully saturated rings. The molecule has 0 unspecified atom stereocenters. The highest BCUT2D eigenvalue weighted by Gasteiger charge is 2.33. The molecule has 0 atom stereocenters. The molecule has 0 saturated carbocycles. The van der Waals surface area contributed by atoms with E-state index in [1.807, 2.05) is 11.8 Å². The average molecular weight is 288 g/mol. The summed E-state index contributed by atoms with van der Waals surface area (Å²) in [7, 11) is 0. The van der Waals surface area contributed by atoms with Gasteiger partial charge in [0.15, 0.2) is 0 Å². The standard InChI is InChI=1S/C15H23F3N2/c1-4-11(5-2)10-20(6-3)12-7-8-14(19)13(9-12)15(16,17)18/h7-9,11H,4-6,10,19H2,1-3H3. The Morgan fingerprint density at radius 2 is 1.75 bits per heavy atom. The number of alkyl halides is 3. The SMILES string of the molecule is CCC(CC)CN(CC)c1ccc(N)c(C(F)(F)F)c1. The van der Waals surface area contributed by atoms with E-state index in [-0.39, 0.29) is 5.69 Å². The molecule has 1 aromatic carbocycles. The van der Waals surface area contributed by atoms with Crippen molar-refractivity contribution >= 4 is 11.4 Å². The van der Waals surface area contributed by atoms with E-state index in [1.54, 1.807) is 6.07 Å². The highest BCUT2D eigenvalue weighted by atomic mass is 19.4. The Bertz CT molecular complexity index is 426. The molecule has 0 aliphatic carbocycles. The molecule has 2 N–H and O–H groups in total. The summed E-state index contributed by atoms with van der Waals surface area (Å²) in [6, 6.07) is 4.16. The lowest BCUT2D eigenvalue weighted by molar-refractivity contribution is -0.136. The van der Waals surface area contributed by atoms with Crippen molar-refractivity contribution in [2.75, 3.05) is 23.7 Å². The summed E-state index contributed by atoms with van der Waals surface area (Å²) >= 11 is 0. The molecule has 0 aliphatic heterocycles. The first kappa shape index (κ1) is 16.7. The number of hydrogen-bond donors (Lipinski definition) is 1. The minimum atomic E-state index is -4.41. The Hall–Kier alpha value is -1.39. The molecular formula is C15H23F3N2. The Morgan fingerprint density at radius 1 is 1.15 bits per heavy atom. The highest BCUT2D eigenvalue weighted by molar-refractivity contribution is 5.59. The van der Waals surface area contributed by atoms with E-state index in [1.165, 1.54) is 6.07 Å². The first-order valence-electron chi connectivity index (χ1n) is 7.05. The number of nitrogens with two attached hydrogens (primary N) is 1. The van der Waals surface area contributed by atoms with Crippen molar-refractivity contribution in [2.24, 2.45) is 5.92 Å². The van der Waals surface area contributed by atoms with Crippen LogP contribution in [0.5, 0.6) is 0 Å². The highest BCUT2D eigenvalue weighted by Crippen LogP contribution is 2.36. The molecule has 114 valence electrons. The minimum absolute atomic E-state index is 0.222. The summed E-state index contributed by atoms with van der Waals surface area (Å²) in [5.41, 5.74) is 5.04. The molecule has 0 spiro atoms. The lowest BCUT2D eigenvalue weighted by atomic mass is 10.0. The summed E-state index contributed by atoms with van der Waals surface area (Å²) in [5.74, 6) is 0.488. The van der Waals surface area contributed by atoms with Crippen molar-refractivity contribution in [3.8, 4) is 0 Å². The Labute approximate surface area is 118 Å². The quantitative estimate of drug-likeness (QED) is 0.778. The maximum Gasteiger partial charge on any atom is 0.418 e. The predicted molar refractivity (Wildman–Crippen MR) is 77.8 cm³/mol. The van der Waals surface area contributed by atoms with Crippen LogP contribution in [0.2, 0.25) is 0 Å². The Balaban J connectivity index is 3.05. The Morgan fingerprint density at radius 3 is 2.20 bits per heavy atom. The van der Waals surface area contributed by atoms with Crippen molar-refractivity contribution in [1.82, 2.24) is 0 Å². The van der Waals surface area contributed by atoms with Gasteiger partial charge in [0.25, 0.3) is 0 Å². The number of nitrogens with zero attached hydrogens (tertiary/aromatic N) is 1. The van der Waals surface area contributed by atoms with Crippen molar-refractivity contribution in [3.63, 3.8) is 0 Å². The van der Waals surface area contributed by atoms with Crippen LogP contribution in [0.4, 0.5) is 24.5 Å². The third kappa shape index (κ3) is 4.05. The van der Waals surface area contributed by atoms with Gasteiger partial charge in [-0.05, 0) is 31.0 Å². The van der Waals surface area contributed by atoms with E-state index >= 15 is 0 Å². The van der Waals surface area contributed by atoms with Gasteiger partial charge < -0.3 is 10.6 Å². The summed E-state index contributed by atoms with van der Waals surface area (Å²) in [6.45, 7) is 7.60. The van der Waals surface area contributed by atoms with E-state index in [4.69, 9.17) is 5.73 Å². The lowest BCUT2D eigenvalue weighted by Crippen LogP contribution is -2.29. The fourth-order valence-electron chi connectivity index (χ4n) is 2.26. The topological polar surface area (TPSA) is 29.3 Å². The molecule has 0 saturated heterocycles. The van der Waals surface area contributed by atoms with Gasteiger partial charge in [-0.2, -0.15) is 13.2 Å². The summed E-state index contributed by atoms with van der Waals surface area (Å²) in [6.07, 6.45) is -2.36. The van der Waals surface area contributed by atoms with Crippen LogP contribution in [0.25, 0.3) is 0 Å². The zero-order chi connectivity index (χ0) is 15.3. The van der Waals surface area contributed by atoms with Crippen LogP contribution >= 0.6 is 0 Å². The molecule has 0 aromatic heterocycles. The summed E-state index contributed by atoms with van der Waals surface area (Å²) in [5, 5.41) is 0. The van der Waals surface area contributed by atoms with Crippen molar-refractivity contribution in [2.45, 2.75) is 39.8 Å².